The molecule has 0 bridgehead atoms. The maximum Gasteiger partial charge on any atom is 0.306 e. The van der Waals surface area contributed by atoms with Crippen molar-refractivity contribution in [2.75, 3.05) is 13.1 Å². The van der Waals surface area contributed by atoms with Crippen LogP contribution in [0, 0.1) is 11.8 Å². The summed E-state index contributed by atoms with van der Waals surface area (Å²) in [6, 6.07) is 14.7. The van der Waals surface area contributed by atoms with Gasteiger partial charge in [0.1, 0.15) is 0 Å². The summed E-state index contributed by atoms with van der Waals surface area (Å²) in [5.74, 6) is -0.420. The van der Waals surface area contributed by atoms with E-state index in [1.165, 1.54) is 16.3 Å². The molecular weight excluding hydrogens is 302 g/mol. The molecular formula is C20H21NO3. The Morgan fingerprint density at radius 3 is 2.42 bits per heavy atom. The molecule has 124 valence electrons. The van der Waals surface area contributed by atoms with E-state index in [9.17, 15) is 9.59 Å². The van der Waals surface area contributed by atoms with Crippen LogP contribution in [0.2, 0.25) is 0 Å². The monoisotopic (exact) mass is 323 g/mol. The molecule has 1 saturated carbocycles. The zero-order valence-electron chi connectivity index (χ0n) is 13.5. The third-order valence-electron chi connectivity index (χ3n) is 5.47. The Bertz CT molecular complexity index is 792. The van der Waals surface area contributed by atoms with Crippen molar-refractivity contribution in [1.29, 1.82) is 0 Å². The van der Waals surface area contributed by atoms with Crippen LogP contribution in [0.5, 0.6) is 0 Å². The van der Waals surface area contributed by atoms with Crippen molar-refractivity contribution in [2.24, 2.45) is 11.8 Å². The second-order valence-corrected chi connectivity index (χ2v) is 6.99. The van der Waals surface area contributed by atoms with Crippen LogP contribution >= 0.6 is 0 Å². The van der Waals surface area contributed by atoms with Crippen molar-refractivity contribution in [3.05, 3.63) is 48.0 Å². The van der Waals surface area contributed by atoms with Crippen LogP contribution in [-0.2, 0) is 9.59 Å². The van der Waals surface area contributed by atoms with E-state index in [0.717, 1.165) is 6.42 Å². The van der Waals surface area contributed by atoms with Crippen LogP contribution in [0.15, 0.2) is 42.5 Å². The fraction of sp³-hybridized carbons (Fsp3) is 0.400. The zero-order valence-corrected chi connectivity index (χ0v) is 13.5. The largest absolute Gasteiger partial charge is 0.481 e. The number of hydrogen-bond acceptors (Lipinski definition) is 2. The second kappa shape index (κ2) is 5.93. The lowest BCUT2D eigenvalue weighted by molar-refractivity contribution is -0.146. The van der Waals surface area contributed by atoms with Gasteiger partial charge in [0.15, 0.2) is 0 Å². The number of hydrogen-bond donors (Lipinski definition) is 1. The van der Waals surface area contributed by atoms with Gasteiger partial charge >= 0.3 is 5.97 Å². The minimum atomic E-state index is -0.734. The first-order valence-electron chi connectivity index (χ1n) is 8.64. The molecule has 4 heteroatoms. The van der Waals surface area contributed by atoms with Crippen molar-refractivity contribution in [3.63, 3.8) is 0 Å². The number of piperidine rings is 1. The molecule has 0 aromatic heterocycles. The van der Waals surface area contributed by atoms with Gasteiger partial charge in [-0.2, -0.15) is 0 Å². The van der Waals surface area contributed by atoms with Gasteiger partial charge in [-0.25, -0.2) is 0 Å². The molecule has 2 fully saturated rings. The Morgan fingerprint density at radius 1 is 1.00 bits per heavy atom. The van der Waals surface area contributed by atoms with Gasteiger partial charge in [-0.1, -0.05) is 42.5 Å². The van der Waals surface area contributed by atoms with E-state index >= 15 is 0 Å². The summed E-state index contributed by atoms with van der Waals surface area (Å²) in [6.45, 7) is 1.16. The second-order valence-electron chi connectivity index (χ2n) is 6.99. The van der Waals surface area contributed by atoms with Gasteiger partial charge in [0.25, 0.3) is 0 Å². The zero-order chi connectivity index (χ0) is 16.7. The lowest BCUT2D eigenvalue weighted by atomic mass is 9.96. The van der Waals surface area contributed by atoms with E-state index in [1.807, 2.05) is 17.0 Å². The highest BCUT2D eigenvalue weighted by Crippen LogP contribution is 2.49. The quantitative estimate of drug-likeness (QED) is 0.943. The number of carboxylic acids is 1. The summed E-state index contributed by atoms with van der Waals surface area (Å²) in [5.41, 5.74) is 1.24. The van der Waals surface area contributed by atoms with Gasteiger partial charge in [-0.15, -0.1) is 0 Å². The molecule has 2 atom stereocenters. The molecule has 2 aromatic carbocycles. The molecule has 1 amide bonds. The molecule has 1 N–H and O–H groups in total. The van der Waals surface area contributed by atoms with Gasteiger partial charge in [0.05, 0.1) is 5.92 Å². The van der Waals surface area contributed by atoms with Crippen molar-refractivity contribution in [1.82, 2.24) is 4.90 Å². The van der Waals surface area contributed by atoms with E-state index in [0.29, 0.717) is 31.8 Å². The number of carbonyl (C=O) groups is 2. The molecule has 1 aliphatic heterocycles. The molecule has 1 saturated heterocycles. The minimum Gasteiger partial charge on any atom is -0.481 e. The third kappa shape index (κ3) is 2.77. The number of nitrogens with zero attached hydrogens (tertiary/aromatic N) is 1. The highest BCUT2D eigenvalue weighted by molar-refractivity contribution is 5.86. The van der Waals surface area contributed by atoms with E-state index in [-0.39, 0.29) is 17.7 Å². The van der Waals surface area contributed by atoms with Crippen molar-refractivity contribution < 1.29 is 14.7 Å². The van der Waals surface area contributed by atoms with Gasteiger partial charge in [-0.05, 0) is 41.5 Å². The van der Waals surface area contributed by atoms with E-state index in [4.69, 9.17) is 5.11 Å². The Labute approximate surface area is 141 Å². The number of carbonyl (C=O) groups excluding carboxylic acids is 1. The maximum atomic E-state index is 12.7. The van der Waals surface area contributed by atoms with Crippen LogP contribution in [0.25, 0.3) is 10.8 Å². The Balaban J connectivity index is 1.42. The molecule has 24 heavy (non-hydrogen) atoms. The summed E-state index contributed by atoms with van der Waals surface area (Å²) < 4.78 is 0. The third-order valence-corrected chi connectivity index (χ3v) is 5.47. The van der Waals surface area contributed by atoms with Crippen LogP contribution in [0.4, 0.5) is 0 Å². The highest BCUT2D eigenvalue weighted by Gasteiger charge is 2.46. The first-order chi connectivity index (χ1) is 11.6. The number of benzene rings is 2. The molecule has 4 rings (SSSR count). The van der Waals surface area contributed by atoms with E-state index in [2.05, 4.69) is 30.3 Å². The normalized spacial score (nSPS) is 24.1. The Hall–Kier alpha value is -2.36. The summed E-state index contributed by atoms with van der Waals surface area (Å²) >= 11 is 0. The van der Waals surface area contributed by atoms with Gasteiger partial charge in [-0.3, -0.25) is 9.59 Å². The number of aliphatic carboxylic acids is 1. The molecule has 1 aliphatic carbocycles. The van der Waals surface area contributed by atoms with Gasteiger partial charge in [0.2, 0.25) is 5.91 Å². The predicted octanol–water partition coefficient (Wildman–Crippen LogP) is 3.27. The summed E-state index contributed by atoms with van der Waals surface area (Å²) in [4.78, 5) is 25.5. The van der Waals surface area contributed by atoms with Crippen LogP contribution in [-0.4, -0.2) is 35.0 Å². The molecule has 2 aliphatic rings. The van der Waals surface area contributed by atoms with E-state index < -0.39 is 5.97 Å². The number of fused-ring (bicyclic) bond motifs is 1. The van der Waals surface area contributed by atoms with Gasteiger partial charge < -0.3 is 10.0 Å². The molecule has 2 aromatic rings. The van der Waals surface area contributed by atoms with E-state index in [1.54, 1.807) is 0 Å². The molecule has 0 spiro atoms. The molecule has 4 nitrogen and oxygen atoms in total. The lowest BCUT2D eigenvalue weighted by Gasteiger charge is -2.30. The number of amides is 1. The summed E-state index contributed by atoms with van der Waals surface area (Å²) in [6.07, 6.45) is 2.07. The average molecular weight is 323 g/mol. The highest BCUT2D eigenvalue weighted by atomic mass is 16.4. The maximum absolute atomic E-state index is 12.7. The lowest BCUT2D eigenvalue weighted by Crippen LogP contribution is -2.41. The van der Waals surface area contributed by atoms with Crippen molar-refractivity contribution >= 4 is 22.6 Å². The summed E-state index contributed by atoms with van der Waals surface area (Å²) in [7, 11) is 0. The fourth-order valence-corrected chi connectivity index (χ4v) is 3.86. The van der Waals surface area contributed by atoms with Gasteiger partial charge in [0, 0.05) is 19.0 Å². The predicted molar refractivity (Wildman–Crippen MR) is 91.7 cm³/mol. The average Bonchev–Trinajstić information content (AvgIpc) is 3.41. The Morgan fingerprint density at radius 2 is 1.71 bits per heavy atom. The molecule has 0 radical (unpaired) electrons. The topological polar surface area (TPSA) is 57.6 Å². The standard InChI is InChI=1S/C20H21NO3/c22-19(21-9-7-14(8-10-21)20(23)24)18-12-17(18)16-6-5-13-3-1-2-4-15(13)11-16/h1-6,11,14,17-18H,7-10,12H2,(H,23,24)/t17-,18-/m0/s1. The number of carboxylic acid groups (broad SMARTS) is 1. The van der Waals surface area contributed by atoms with Crippen molar-refractivity contribution in [2.45, 2.75) is 25.2 Å². The minimum absolute atomic E-state index is 0.0764. The number of likely N-dealkylation sites (tertiary alicyclic amines) is 1. The van der Waals surface area contributed by atoms with Crippen molar-refractivity contribution in [3.8, 4) is 0 Å². The Kier molecular flexibility index (Phi) is 3.75. The molecule has 0 unspecified atom stereocenters. The first kappa shape index (κ1) is 15.2. The SMILES string of the molecule is O=C(O)C1CCN(C(=O)[C@H]2C[C@H]2c2ccc3ccccc3c2)CC1. The van der Waals surface area contributed by atoms with Crippen LogP contribution < -0.4 is 0 Å². The van der Waals surface area contributed by atoms with Crippen LogP contribution in [0.1, 0.15) is 30.7 Å². The summed E-state index contributed by atoms with van der Waals surface area (Å²) in [5, 5.41) is 11.5. The smallest absolute Gasteiger partial charge is 0.306 e. The fourth-order valence-electron chi connectivity index (χ4n) is 3.86. The van der Waals surface area contributed by atoms with Crippen LogP contribution in [0.3, 0.4) is 0 Å². The number of rotatable bonds is 3. The first-order valence-corrected chi connectivity index (χ1v) is 8.64. The molecule has 1 heterocycles.